The lowest BCUT2D eigenvalue weighted by Gasteiger charge is -2.00. The maximum absolute atomic E-state index is 10.8. The van der Waals surface area contributed by atoms with E-state index >= 15 is 0 Å². The van der Waals surface area contributed by atoms with E-state index in [9.17, 15) is 9.59 Å². The number of carbonyl (C=O) groups is 2. The molecular weight excluding hydrogens is 130 g/mol. The molecule has 3 nitrogen and oxygen atoms in total. The number of carbonyl (C=O) groups excluding carboxylic acids is 2. The predicted molar refractivity (Wildman–Crippen MR) is 36.4 cm³/mol. The van der Waals surface area contributed by atoms with Crippen molar-refractivity contribution >= 4 is 11.7 Å². The van der Waals surface area contributed by atoms with Crippen molar-refractivity contribution in [2.75, 3.05) is 6.54 Å². The summed E-state index contributed by atoms with van der Waals surface area (Å²) in [5.74, 6) is 0.0924. The first-order chi connectivity index (χ1) is 4.70. The van der Waals surface area contributed by atoms with E-state index in [0.29, 0.717) is 6.42 Å². The van der Waals surface area contributed by atoms with Crippen LogP contribution in [0.15, 0.2) is 0 Å². The zero-order valence-electron chi connectivity index (χ0n) is 6.02. The Labute approximate surface area is 59.8 Å². The van der Waals surface area contributed by atoms with Crippen LogP contribution in [-0.2, 0) is 9.59 Å². The molecule has 1 aliphatic rings. The minimum atomic E-state index is -0.0440. The monoisotopic (exact) mass is 141 g/mol. The molecule has 3 heteroatoms. The highest BCUT2D eigenvalue weighted by Crippen LogP contribution is 2.13. The van der Waals surface area contributed by atoms with Gasteiger partial charge in [-0.15, -0.1) is 0 Å². The van der Waals surface area contributed by atoms with E-state index in [0.717, 1.165) is 13.0 Å². The Morgan fingerprint density at radius 2 is 2.50 bits per heavy atom. The normalized spacial score (nSPS) is 24.5. The van der Waals surface area contributed by atoms with E-state index in [1.807, 2.05) is 0 Å². The van der Waals surface area contributed by atoms with Gasteiger partial charge in [-0.3, -0.25) is 4.79 Å². The molecule has 1 unspecified atom stereocenters. The third-order valence-corrected chi connectivity index (χ3v) is 1.70. The van der Waals surface area contributed by atoms with Crippen molar-refractivity contribution in [3.05, 3.63) is 0 Å². The van der Waals surface area contributed by atoms with Crippen LogP contribution in [0.5, 0.6) is 0 Å². The molecule has 1 rings (SSSR count). The van der Waals surface area contributed by atoms with Crippen LogP contribution in [0.2, 0.25) is 0 Å². The summed E-state index contributed by atoms with van der Waals surface area (Å²) in [7, 11) is 0. The first kappa shape index (κ1) is 7.25. The third-order valence-electron chi connectivity index (χ3n) is 1.70. The second-order valence-electron chi connectivity index (χ2n) is 2.68. The fourth-order valence-electron chi connectivity index (χ4n) is 1.19. The standard InChI is InChI=1S/C7H11NO2/c1-5(9)4-6-2-3-8-7(6)10/h6H,2-4H2,1H3,(H,8,10). The Balaban J connectivity index is 2.40. The minimum absolute atomic E-state index is 0.0372. The van der Waals surface area contributed by atoms with Crippen molar-refractivity contribution < 1.29 is 9.59 Å². The van der Waals surface area contributed by atoms with Gasteiger partial charge >= 0.3 is 0 Å². The van der Waals surface area contributed by atoms with Gasteiger partial charge in [0.2, 0.25) is 5.91 Å². The van der Waals surface area contributed by atoms with Crippen LogP contribution in [0.3, 0.4) is 0 Å². The van der Waals surface area contributed by atoms with Gasteiger partial charge in [-0.1, -0.05) is 0 Å². The molecule has 10 heavy (non-hydrogen) atoms. The van der Waals surface area contributed by atoms with Gasteiger partial charge < -0.3 is 10.1 Å². The highest BCUT2D eigenvalue weighted by molar-refractivity contribution is 5.86. The zero-order chi connectivity index (χ0) is 7.56. The Kier molecular flexibility index (Phi) is 2.04. The number of Topliss-reactive ketones (excluding diaryl/α,β-unsaturated/α-hetero) is 1. The van der Waals surface area contributed by atoms with Gasteiger partial charge in [-0.2, -0.15) is 0 Å². The van der Waals surface area contributed by atoms with Crippen molar-refractivity contribution in [1.82, 2.24) is 5.32 Å². The van der Waals surface area contributed by atoms with Gasteiger partial charge in [0.1, 0.15) is 5.78 Å². The Bertz CT molecular complexity index is 165. The Hall–Kier alpha value is -0.860. The van der Waals surface area contributed by atoms with Crippen LogP contribution >= 0.6 is 0 Å². The lowest BCUT2D eigenvalue weighted by Crippen LogP contribution is -2.20. The van der Waals surface area contributed by atoms with Crippen molar-refractivity contribution in [1.29, 1.82) is 0 Å². The molecule has 1 atom stereocenters. The van der Waals surface area contributed by atoms with Gasteiger partial charge in [0.25, 0.3) is 0 Å². The summed E-state index contributed by atoms with van der Waals surface area (Å²) in [4.78, 5) is 21.4. The Morgan fingerprint density at radius 3 is 2.90 bits per heavy atom. The van der Waals surface area contributed by atoms with Crippen LogP contribution in [0.4, 0.5) is 0 Å². The topological polar surface area (TPSA) is 46.2 Å². The summed E-state index contributed by atoms with van der Waals surface area (Å²) in [5, 5.41) is 2.68. The van der Waals surface area contributed by atoms with Crippen molar-refractivity contribution in [2.24, 2.45) is 5.92 Å². The van der Waals surface area contributed by atoms with Crippen molar-refractivity contribution in [3.63, 3.8) is 0 Å². The van der Waals surface area contributed by atoms with Gasteiger partial charge in [0.15, 0.2) is 0 Å². The average molecular weight is 141 g/mol. The molecule has 0 aliphatic carbocycles. The molecule has 0 radical (unpaired) electrons. The average Bonchev–Trinajstić information content (AvgIpc) is 2.15. The van der Waals surface area contributed by atoms with Crippen LogP contribution in [0, 0.1) is 5.92 Å². The first-order valence-corrected chi connectivity index (χ1v) is 3.47. The highest BCUT2D eigenvalue weighted by Gasteiger charge is 2.24. The van der Waals surface area contributed by atoms with E-state index in [1.165, 1.54) is 6.92 Å². The summed E-state index contributed by atoms with van der Waals surface area (Å²) in [6.45, 7) is 2.25. The largest absolute Gasteiger partial charge is 0.356 e. The molecule has 1 N–H and O–H groups in total. The molecule has 0 aromatic heterocycles. The smallest absolute Gasteiger partial charge is 0.223 e. The molecule has 0 spiro atoms. The number of rotatable bonds is 2. The molecule has 1 fully saturated rings. The van der Waals surface area contributed by atoms with E-state index in [2.05, 4.69) is 5.32 Å². The zero-order valence-corrected chi connectivity index (χ0v) is 6.02. The number of hydrogen-bond donors (Lipinski definition) is 1. The highest BCUT2D eigenvalue weighted by atomic mass is 16.2. The maximum atomic E-state index is 10.8. The van der Waals surface area contributed by atoms with Crippen LogP contribution in [0.25, 0.3) is 0 Å². The molecule has 0 aromatic rings. The van der Waals surface area contributed by atoms with Crippen LogP contribution in [-0.4, -0.2) is 18.2 Å². The van der Waals surface area contributed by atoms with Gasteiger partial charge in [0, 0.05) is 18.9 Å². The summed E-state index contributed by atoms with van der Waals surface area (Å²) < 4.78 is 0. The fourth-order valence-corrected chi connectivity index (χ4v) is 1.19. The van der Waals surface area contributed by atoms with Gasteiger partial charge in [0.05, 0.1) is 0 Å². The summed E-state index contributed by atoms with van der Waals surface area (Å²) in [5.41, 5.74) is 0. The first-order valence-electron chi connectivity index (χ1n) is 3.47. The predicted octanol–water partition coefficient (Wildman–Crippen LogP) is 0.102. The molecule has 1 aliphatic heterocycles. The van der Waals surface area contributed by atoms with E-state index in [1.54, 1.807) is 0 Å². The molecule has 0 aromatic carbocycles. The quantitative estimate of drug-likeness (QED) is 0.593. The number of ketones is 1. The molecular formula is C7H11NO2. The lowest BCUT2D eigenvalue weighted by atomic mass is 10.0. The summed E-state index contributed by atoms with van der Waals surface area (Å²) in [6.07, 6.45) is 1.23. The van der Waals surface area contributed by atoms with Crippen LogP contribution in [0.1, 0.15) is 19.8 Å². The number of amides is 1. The number of hydrogen-bond acceptors (Lipinski definition) is 2. The Morgan fingerprint density at radius 1 is 1.80 bits per heavy atom. The second-order valence-corrected chi connectivity index (χ2v) is 2.68. The molecule has 1 heterocycles. The molecule has 1 saturated heterocycles. The maximum Gasteiger partial charge on any atom is 0.223 e. The third kappa shape index (κ3) is 1.56. The molecule has 0 bridgehead atoms. The molecule has 56 valence electrons. The van der Waals surface area contributed by atoms with E-state index in [4.69, 9.17) is 0 Å². The van der Waals surface area contributed by atoms with Gasteiger partial charge in [-0.25, -0.2) is 0 Å². The molecule has 0 saturated carbocycles. The summed E-state index contributed by atoms with van der Waals surface area (Å²) in [6, 6.07) is 0. The van der Waals surface area contributed by atoms with Crippen LogP contribution < -0.4 is 5.32 Å². The van der Waals surface area contributed by atoms with Crippen molar-refractivity contribution in [3.8, 4) is 0 Å². The van der Waals surface area contributed by atoms with Gasteiger partial charge in [-0.05, 0) is 13.3 Å². The lowest BCUT2D eigenvalue weighted by molar-refractivity contribution is -0.126. The van der Waals surface area contributed by atoms with E-state index in [-0.39, 0.29) is 17.6 Å². The molecule has 1 amide bonds. The SMILES string of the molecule is CC(=O)CC1CCNC1=O. The fraction of sp³-hybridized carbons (Fsp3) is 0.714. The second kappa shape index (κ2) is 2.82. The minimum Gasteiger partial charge on any atom is -0.356 e. The van der Waals surface area contributed by atoms with E-state index < -0.39 is 0 Å². The van der Waals surface area contributed by atoms with Crippen molar-refractivity contribution in [2.45, 2.75) is 19.8 Å². The summed E-state index contributed by atoms with van der Waals surface area (Å²) >= 11 is 0. The number of nitrogens with one attached hydrogen (secondary N) is 1.